The molecule has 0 radical (unpaired) electrons. The molecule has 0 bridgehead atoms. The molecule has 168 valence electrons. The van der Waals surface area contributed by atoms with E-state index in [1.165, 1.54) is 4.90 Å². The highest BCUT2D eigenvalue weighted by Crippen LogP contribution is 2.40. The van der Waals surface area contributed by atoms with Crippen LogP contribution in [0.2, 0.25) is 0 Å². The van der Waals surface area contributed by atoms with Gasteiger partial charge in [0.1, 0.15) is 11.5 Å². The summed E-state index contributed by atoms with van der Waals surface area (Å²) in [5, 5.41) is 11.2. The van der Waals surface area contributed by atoms with Crippen molar-refractivity contribution in [3.05, 3.63) is 64.7 Å². The summed E-state index contributed by atoms with van der Waals surface area (Å²) in [5.74, 6) is -0.691. The standard InChI is InChI=1S/C25H28N2O5/c1-26(2)19-9-6-16(7-10-19)22-21(24(29)25(30)27(22)12-14-31-3)23(28)18-8-11-20-17(15-18)5-4-13-32-20/h6-11,15,22,28H,4-5,12-14H2,1-3H3/b23-21-. The number of aliphatic hydroxyl groups excluding tert-OH is 1. The molecule has 1 N–H and O–H groups in total. The molecule has 2 heterocycles. The van der Waals surface area contributed by atoms with E-state index in [4.69, 9.17) is 9.47 Å². The Morgan fingerprint density at radius 1 is 1.19 bits per heavy atom. The number of likely N-dealkylation sites (tertiary alicyclic amines) is 1. The zero-order valence-electron chi connectivity index (χ0n) is 18.6. The Balaban J connectivity index is 1.81. The van der Waals surface area contributed by atoms with Gasteiger partial charge in [-0.15, -0.1) is 0 Å². The molecule has 0 aromatic heterocycles. The first kappa shape index (κ1) is 21.9. The number of carbonyl (C=O) groups excluding carboxylic acids is 2. The van der Waals surface area contributed by atoms with Crippen molar-refractivity contribution < 1.29 is 24.2 Å². The number of nitrogens with zero attached hydrogens (tertiary/aromatic N) is 2. The molecule has 2 aromatic rings. The van der Waals surface area contributed by atoms with Crippen LogP contribution in [0.4, 0.5) is 5.69 Å². The second-order valence-corrected chi connectivity index (χ2v) is 8.25. The van der Waals surface area contributed by atoms with Gasteiger partial charge in [0.25, 0.3) is 11.7 Å². The summed E-state index contributed by atoms with van der Waals surface area (Å²) < 4.78 is 10.8. The predicted molar refractivity (Wildman–Crippen MR) is 122 cm³/mol. The first-order valence-corrected chi connectivity index (χ1v) is 10.7. The molecule has 1 atom stereocenters. The molecular weight excluding hydrogens is 408 g/mol. The molecule has 2 aromatic carbocycles. The molecule has 4 rings (SSSR count). The van der Waals surface area contributed by atoms with E-state index in [0.717, 1.165) is 35.4 Å². The van der Waals surface area contributed by atoms with Gasteiger partial charge in [-0.05, 0) is 54.3 Å². The van der Waals surface area contributed by atoms with Gasteiger partial charge in [-0.25, -0.2) is 0 Å². The Bertz CT molecular complexity index is 1060. The highest BCUT2D eigenvalue weighted by atomic mass is 16.5. The van der Waals surface area contributed by atoms with Crippen molar-refractivity contribution in [3.63, 3.8) is 0 Å². The first-order valence-electron chi connectivity index (χ1n) is 10.7. The number of benzene rings is 2. The zero-order valence-corrected chi connectivity index (χ0v) is 18.6. The van der Waals surface area contributed by atoms with Crippen molar-refractivity contribution in [3.8, 4) is 5.75 Å². The number of ether oxygens (including phenoxy) is 2. The number of aliphatic hydroxyl groups is 1. The third-order valence-corrected chi connectivity index (χ3v) is 5.98. The number of fused-ring (bicyclic) bond motifs is 1. The predicted octanol–water partition coefficient (Wildman–Crippen LogP) is 3.15. The van der Waals surface area contributed by atoms with Crippen LogP contribution in [0.15, 0.2) is 48.0 Å². The van der Waals surface area contributed by atoms with Crippen molar-refractivity contribution in [1.29, 1.82) is 0 Å². The monoisotopic (exact) mass is 436 g/mol. The number of anilines is 1. The highest BCUT2D eigenvalue weighted by Gasteiger charge is 2.45. The third-order valence-electron chi connectivity index (χ3n) is 5.98. The number of carbonyl (C=O) groups is 2. The molecule has 1 fully saturated rings. The lowest BCUT2D eigenvalue weighted by atomic mass is 9.94. The van der Waals surface area contributed by atoms with Gasteiger partial charge in [-0.2, -0.15) is 0 Å². The van der Waals surface area contributed by atoms with Gasteiger partial charge >= 0.3 is 0 Å². The minimum atomic E-state index is -0.686. The van der Waals surface area contributed by atoms with Gasteiger partial charge in [0.15, 0.2) is 0 Å². The van der Waals surface area contributed by atoms with Crippen LogP contribution in [-0.2, 0) is 20.7 Å². The van der Waals surface area contributed by atoms with Crippen molar-refractivity contribution >= 4 is 23.1 Å². The van der Waals surface area contributed by atoms with Crippen molar-refractivity contribution in [2.75, 3.05) is 45.9 Å². The maximum Gasteiger partial charge on any atom is 0.295 e. The van der Waals surface area contributed by atoms with E-state index in [0.29, 0.717) is 12.2 Å². The summed E-state index contributed by atoms with van der Waals surface area (Å²) in [6.07, 6.45) is 1.74. The SMILES string of the molecule is COCCN1C(=O)C(=O)/C(=C(\O)c2ccc3c(c2)CCCO3)C1c1ccc(N(C)C)cc1. The molecule has 0 aliphatic carbocycles. The Morgan fingerprint density at radius 3 is 2.62 bits per heavy atom. The summed E-state index contributed by atoms with van der Waals surface area (Å²) in [6, 6.07) is 12.3. The number of rotatable bonds is 6. The fraction of sp³-hybridized carbons (Fsp3) is 0.360. The Kier molecular flexibility index (Phi) is 6.19. The van der Waals surface area contributed by atoms with Gasteiger partial charge in [-0.3, -0.25) is 9.59 Å². The molecule has 7 nitrogen and oxygen atoms in total. The average molecular weight is 437 g/mol. The lowest BCUT2D eigenvalue weighted by molar-refractivity contribution is -0.140. The highest BCUT2D eigenvalue weighted by molar-refractivity contribution is 6.46. The molecule has 2 aliphatic heterocycles. The van der Waals surface area contributed by atoms with Gasteiger partial charge in [0.2, 0.25) is 0 Å². The molecule has 1 saturated heterocycles. The minimum absolute atomic E-state index is 0.0976. The minimum Gasteiger partial charge on any atom is -0.507 e. The number of hydrogen-bond donors (Lipinski definition) is 1. The summed E-state index contributed by atoms with van der Waals surface area (Å²) in [5.41, 5.74) is 3.35. The molecule has 1 amide bonds. The van der Waals surface area contributed by atoms with Crippen LogP contribution >= 0.6 is 0 Å². The van der Waals surface area contributed by atoms with Crippen LogP contribution in [0.3, 0.4) is 0 Å². The summed E-state index contributed by atoms with van der Waals surface area (Å²) in [4.78, 5) is 29.4. The normalized spacial score (nSPS) is 19.6. The lowest BCUT2D eigenvalue weighted by Crippen LogP contribution is -2.32. The van der Waals surface area contributed by atoms with E-state index in [9.17, 15) is 14.7 Å². The Morgan fingerprint density at radius 2 is 1.94 bits per heavy atom. The Hall–Kier alpha value is -3.32. The second-order valence-electron chi connectivity index (χ2n) is 8.25. The van der Waals surface area contributed by atoms with Crippen LogP contribution in [0.5, 0.6) is 5.75 Å². The molecule has 0 saturated carbocycles. The van der Waals surface area contributed by atoms with E-state index >= 15 is 0 Å². The molecule has 0 spiro atoms. The van der Waals surface area contributed by atoms with E-state index in [2.05, 4.69) is 0 Å². The Labute approximate surface area is 187 Å². The fourth-order valence-corrected chi connectivity index (χ4v) is 4.26. The van der Waals surface area contributed by atoms with Gasteiger partial charge in [0, 0.05) is 39.0 Å². The largest absolute Gasteiger partial charge is 0.507 e. The summed E-state index contributed by atoms with van der Waals surface area (Å²) in [6.45, 7) is 1.21. The van der Waals surface area contributed by atoms with Crippen molar-refractivity contribution in [1.82, 2.24) is 4.90 Å². The molecule has 7 heteroatoms. The quantitative estimate of drug-likeness (QED) is 0.426. The lowest BCUT2D eigenvalue weighted by Gasteiger charge is -2.25. The van der Waals surface area contributed by atoms with Crippen LogP contribution in [0.1, 0.15) is 29.2 Å². The van der Waals surface area contributed by atoms with Crippen molar-refractivity contribution in [2.24, 2.45) is 0 Å². The van der Waals surface area contributed by atoms with Crippen molar-refractivity contribution in [2.45, 2.75) is 18.9 Å². The number of ketones is 1. The van der Waals surface area contributed by atoms with E-state index in [1.807, 2.05) is 55.4 Å². The first-order chi connectivity index (χ1) is 15.4. The smallest absolute Gasteiger partial charge is 0.295 e. The average Bonchev–Trinajstić information content (AvgIpc) is 3.06. The van der Waals surface area contributed by atoms with Crippen LogP contribution in [-0.4, -0.2) is 62.7 Å². The summed E-state index contributed by atoms with van der Waals surface area (Å²) in [7, 11) is 5.44. The van der Waals surface area contributed by atoms with Gasteiger partial charge in [0.05, 0.1) is 24.8 Å². The molecule has 1 unspecified atom stereocenters. The number of methoxy groups -OCH3 is 1. The van der Waals surface area contributed by atoms with Crippen LogP contribution < -0.4 is 9.64 Å². The second kappa shape index (κ2) is 9.04. The molecular formula is C25H28N2O5. The van der Waals surface area contributed by atoms with Crippen LogP contribution in [0, 0.1) is 0 Å². The number of aryl methyl sites for hydroxylation is 1. The van der Waals surface area contributed by atoms with E-state index < -0.39 is 17.7 Å². The number of amides is 1. The molecule has 2 aliphatic rings. The third kappa shape index (κ3) is 3.96. The van der Waals surface area contributed by atoms with Crippen LogP contribution in [0.25, 0.3) is 5.76 Å². The zero-order chi connectivity index (χ0) is 22.8. The van der Waals surface area contributed by atoms with Gasteiger partial charge < -0.3 is 24.4 Å². The van der Waals surface area contributed by atoms with Gasteiger partial charge in [-0.1, -0.05) is 12.1 Å². The fourth-order valence-electron chi connectivity index (χ4n) is 4.26. The maximum atomic E-state index is 13.1. The number of hydrogen-bond acceptors (Lipinski definition) is 6. The number of Topliss-reactive ketones (excluding diaryl/α,β-unsaturated/α-hetero) is 1. The van der Waals surface area contributed by atoms with E-state index in [1.54, 1.807) is 13.2 Å². The molecule has 32 heavy (non-hydrogen) atoms. The maximum absolute atomic E-state index is 13.1. The topological polar surface area (TPSA) is 79.3 Å². The van der Waals surface area contributed by atoms with E-state index in [-0.39, 0.29) is 24.5 Å². The summed E-state index contributed by atoms with van der Waals surface area (Å²) >= 11 is 0.